The highest BCUT2D eigenvalue weighted by atomic mass is 19.1. The van der Waals surface area contributed by atoms with Gasteiger partial charge in [-0.05, 0) is 12.1 Å². The van der Waals surface area contributed by atoms with Gasteiger partial charge in [-0.15, -0.1) is 0 Å². The second-order valence-corrected chi connectivity index (χ2v) is 1.80. The molecule has 0 saturated heterocycles. The van der Waals surface area contributed by atoms with E-state index in [1.165, 1.54) is 6.07 Å². The highest BCUT2D eigenvalue weighted by Crippen LogP contribution is 2.07. The molecule has 0 fully saturated rings. The Balaban J connectivity index is 3.09. The molecular weight excluding hydrogens is 138 g/mol. The summed E-state index contributed by atoms with van der Waals surface area (Å²) in [5.41, 5.74) is 4.92. The predicted octanol–water partition coefficient (Wildman–Crippen LogP) is 1.27. The Hall–Kier alpha value is -1.19. The van der Waals surface area contributed by atoms with Crippen LogP contribution < -0.4 is 5.73 Å². The van der Waals surface area contributed by atoms with E-state index in [2.05, 4.69) is 4.98 Å². The molecule has 0 aliphatic rings. The van der Waals surface area contributed by atoms with Gasteiger partial charge in [0.1, 0.15) is 24.0 Å². The second kappa shape index (κ2) is 2.60. The molecule has 10 heavy (non-hydrogen) atoms. The summed E-state index contributed by atoms with van der Waals surface area (Å²) in [6.07, 6.45) is 0. The standard InChI is InChI=1S/C6H6F2N2/c7-3-5-4(8)1-2-6(9)10-5/h1-2H,3H2,(H2,9,10). The van der Waals surface area contributed by atoms with Crippen LogP contribution in [0.3, 0.4) is 0 Å². The van der Waals surface area contributed by atoms with Gasteiger partial charge in [-0.25, -0.2) is 13.8 Å². The number of pyridine rings is 1. The highest BCUT2D eigenvalue weighted by Gasteiger charge is 2.01. The first kappa shape index (κ1) is 6.92. The third kappa shape index (κ3) is 1.21. The molecule has 1 aromatic rings. The van der Waals surface area contributed by atoms with Crippen molar-refractivity contribution >= 4 is 5.82 Å². The molecule has 1 aromatic heterocycles. The lowest BCUT2D eigenvalue weighted by atomic mass is 10.3. The topological polar surface area (TPSA) is 38.9 Å². The smallest absolute Gasteiger partial charge is 0.147 e. The summed E-state index contributed by atoms with van der Waals surface area (Å²) in [7, 11) is 0. The monoisotopic (exact) mass is 144 g/mol. The summed E-state index contributed by atoms with van der Waals surface area (Å²) in [5, 5.41) is 0. The molecule has 0 amide bonds. The van der Waals surface area contributed by atoms with E-state index in [0.717, 1.165) is 6.07 Å². The van der Waals surface area contributed by atoms with E-state index in [4.69, 9.17) is 5.73 Å². The molecule has 0 atom stereocenters. The van der Waals surface area contributed by atoms with Crippen molar-refractivity contribution in [1.29, 1.82) is 0 Å². The number of rotatable bonds is 1. The van der Waals surface area contributed by atoms with Crippen LogP contribution in [0.4, 0.5) is 14.6 Å². The number of hydrogen-bond acceptors (Lipinski definition) is 2. The second-order valence-electron chi connectivity index (χ2n) is 1.80. The molecule has 4 heteroatoms. The average molecular weight is 144 g/mol. The van der Waals surface area contributed by atoms with Crippen molar-refractivity contribution in [2.45, 2.75) is 6.67 Å². The van der Waals surface area contributed by atoms with Gasteiger partial charge in [0.15, 0.2) is 0 Å². The van der Waals surface area contributed by atoms with E-state index in [-0.39, 0.29) is 11.5 Å². The third-order valence-electron chi connectivity index (χ3n) is 1.07. The number of halogens is 2. The lowest BCUT2D eigenvalue weighted by Crippen LogP contribution is -1.96. The van der Waals surface area contributed by atoms with E-state index >= 15 is 0 Å². The van der Waals surface area contributed by atoms with Crippen LogP contribution >= 0.6 is 0 Å². The Morgan fingerprint density at radius 1 is 1.50 bits per heavy atom. The van der Waals surface area contributed by atoms with Crippen LogP contribution in [0.1, 0.15) is 5.69 Å². The molecule has 0 aromatic carbocycles. The van der Waals surface area contributed by atoms with Crippen LogP contribution in [0.5, 0.6) is 0 Å². The molecule has 1 heterocycles. The van der Waals surface area contributed by atoms with Gasteiger partial charge in [0.05, 0.1) is 0 Å². The maximum atomic E-state index is 12.4. The first-order valence-corrected chi connectivity index (χ1v) is 2.71. The summed E-state index contributed by atoms with van der Waals surface area (Å²) in [6, 6.07) is 2.38. The molecule has 0 unspecified atom stereocenters. The van der Waals surface area contributed by atoms with Gasteiger partial charge in [-0.3, -0.25) is 0 Å². The molecule has 0 radical (unpaired) electrons. The lowest BCUT2D eigenvalue weighted by Gasteiger charge is -1.96. The Morgan fingerprint density at radius 2 is 2.20 bits per heavy atom. The van der Waals surface area contributed by atoms with Crippen LogP contribution in [0, 0.1) is 5.82 Å². The van der Waals surface area contributed by atoms with E-state index < -0.39 is 12.5 Å². The molecule has 0 spiro atoms. The molecule has 0 aliphatic heterocycles. The zero-order valence-electron chi connectivity index (χ0n) is 5.14. The van der Waals surface area contributed by atoms with Crippen molar-refractivity contribution in [3.8, 4) is 0 Å². The Morgan fingerprint density at radius 3 is 2.70 bits per heavy atom. The largest absolute Gasteiger partial charge is 0.384 e. The summed E-state index contributed by atoms with van der Waals surface area (Å²) in [5.74, 6) is -0.522. The van der Waals surface area contributed by atoms with Crippen LogP contribution in [-0.4, -0.2) is 4.98 Å². The number of hydrogen-bond donors (Lipinski definition) is 1. The summed E-state index contributed by atoms with van der Waals surface area (Å²) in [4.78, 5) is 3.42. The molecule has 0 aliphatic carbocycles. The Labute approximate surface area is 56.7 Å². The van der Waals surface area contributed by atoms with E-state index in [0.29, 0.717) is 0 Å². The summed E-state index contributed by atoms with van der Waals surface area (Å²) in [6.45, 7) is -0.920. The van der Waals surface area contributed by atoms with Crippen LogP contribution in [0.25, 0.3) is 0 Å². The minimum atomic E-state index is -0.920. The van der Waals surface area contributed by atoms with Crippen LogP contribution in [-0.2, 0) is 6.67 Å². The zero-order chi connectivity index (χ0) is 7.56. The third-order valence-corrected chi connectivity index (χ3v) is 1.07. The maximum Gasteiger partial charge on any atom is 0.147 e. The molecule has 1 rings (SSSR count). The number of alkyl halides is 1. The van der Waals surface area contributed by atoms with Gasteiger partial charge in [-0.1, -0.05) is 0 Å². The molecule has 2 nitrogen and oxygen atoms in total. The van der Waals surface area contributed by atoms with Crippen molar-refractivity contribution in [3.63, 3.8) is 0 Å². The SMILES string of the molecule is Nc1ccc(F)c(CF)n1. The predicted molar refractivity (Wildman–Crippen MR) is 33.4 cm³/mol. The van der Waals surface area contributed by atoms with Gasteiger partial charge >= 0.3 is 0 Å². The normalized spacial score (nSPS) is 9.80. The summed E-state index contributed by atoms with van der Waals surface area (Å²) >= 11 is 0. The van der Waals surface area contributed by atoms with Crippen molar-refractivity contribution in [2.75, 3.05) is 5.73 Å². The number of aromatic nitrogens is 1. The summed E-state index contributed by atoms with van der Waals surface area (Å²) < 4.78 is 24.2. The molecular formula is C6H6F2N2. The van der Waals surface area contributed by atoms with Crippen molar-refractivity contribution < 1.29 is 8.78 Å². The fourth-order valence-corrected chi connectivity index (χ4v) is 0.595. The molecule has 0 bridgehead atoms. The first-order valence-electron chi connectivity index (χ1n) is 2.71. The van der Waals surface area contributed by atoms with E-state index in [1.54, 1.807) is 0 Å². The van der Waals surface area contributed by atoms with E-state index in [9.17, 15) is 8.78 Å². The minimum Gasteiger partial charge on any atom is -0.384 e. The van der Waals surface area contributed by atoms with Crippen LogP contribution in [0.2, 0.25) is 0 Å². The number of nitrogens with two attached hydrogens (primary N) is 1. The van der Waals surface area contributed by atoms with E-state index in [1.807, 2.05) is 0 Å². The van der Waals surface area contributed by atoms with Gasteiger partial charge < -0.3 is 5.73 Å². The fraction of sp³-hybridized carbons (Fsp3) is 0.167. The van der Waals surface area contributed by atoms with Gasteiger partial charge in [0, 0.05) is 0 Å². The quantitative estimate of drug-likeness (QED) is 0.644. The fourth-order valence-electron chi connectivity index (χ4n) is 0.595. The van der Waals surface area contributed by atoms with Crippen molar-refractivity contribution in [1.82, 2.24) is 4.98 Å². The number of nitrogens with zero attached hydrogens (tertiary/aromatic N) is 1. The molecule has 0 saturated carbocycles. The lowest BCUT2D eigenvalue weighted by molar-refractivity contribution is 0.453. The zero-order valence-corrected chi connectivity index (χ0v) is 5.14. The Kier molecular flexibility index (Phi) is 1.80. The molecule has 54 valence electrons. The number of nitrogen functional groups attached to an aromatic ring is 1. The van der Waals surface area contributed by atoms with Crippen LogP contribution in [0.15, 0.2) is 12.1 Å². The highest BCUT2D eigenvalue weighted by molar-refractivity contribution is 5.29. The maximum absolute atomic E-state index is 12.4. The minimum absolute atomic E-state index is 0.133. The molecule has 2 N–H and O–H groups in total. The van der Waals surface area contributed by atoms with Crippen molar-refractivity contribution in [2.24, 2.45) is 0 Å². The van der Waals surface area contributed by atoms with Gasteiger partial charge in [-0.2, -0.15) is 0 Å². The Bertz CT molecular complexity index is 237. The van der Waals surface area contributed by atoms with Gasteiger partial charge in [0.25, 0.3) is 0 Å². The average Bonchev–Trinajstić information content (AvgIpc) is 1.94. The van der Waals surface area contributed by atoms with Crippen molar-refractivity contribution in [3.05, 3.63) is 23.6 Å². The number of anilines is 1. The van der Waals surface area contributed by atoms with Gasteiger partial charge in [0.2, 0.25) is 0 Å². The first-order chi connectivity index (χ1) is 4.74.